The average molecular weight is 515 g/mol. The molecule has 0 saturated carbocycles. The largest absolute Gasteiger partial charge is 0.495 e. The number of ether oxygens (including phenoxy) is 2. The molecule has 1 saturated heterocycles. The summed E-state index contributed by atoms with van der Waals surface area (Å²) in [4.78, 5) is 18.8. The van der Waals surface area contributed by atoms with Gasteiger partial charge in [0.25, 0.3) is 0 Å². The third-order valence-electron chi connectivity index (χ3n) is 6.09. The van der Waals surface area contributed by atoms with Crippen molar-refractivity contribution in [3.8, 4) is 17.1 Å². The lowest BCUT2D eigenvalue weighted by Crippen LogP contribution is -2.29. The van der Waals surface area contributed by atoms with E-state index in [4.69, 9.17) is 26.1 Å². The van der Waals surface area contributed by atoms with Gasteiger partial charge in [-0.15, -0.1) is 0 Å². The Morgan fingerprint density at radius 1 is 1.08 bits per heavy atom. The van der Waals surface area contributed by atoms with Gasteiger partial charge in [0.15, 0.2) is 5.11 Å². The maximum absolute atomic E-state index is 12.3. The normalized spacial score (nSPS) is 16.9. The number of carbonyl (C=O) groups is 1. The molecule has 5 rings (SSSR count). The average Bonchev–Trinajstić information content (AvgIpc) is 3.54. The maximum atomic E-state index is 12.3. The number of rotatable bonds is 8. The number of hydrogen-bond acceptors (Lipinski definition) is 6. The van der Waals surface area contributed by atoms with Gasteiger partial charge >= 0.3 is 0 Å². The first kappa shape index (κ1) is 24.5. The van der Waals surface area contributed by atoms with Gasteiger partial charge in [-0.25, -0.2) is 0 Å². The number of carbonyl (C=O) groups excluding carboxylic acids is 1. The highest BCUT2D eigenvalue weighted by Gasteiger charge is 2.42. The molecule has 2 aromatic heterocycles. The Balaban J connectivity index is 1.57. The van der Waals surface area contributed by atoms with E-state index in [2.05, 4.69) is 15.6 Å². The van der Waals surface area contributed by atoms with Gasteiger partial charge in [0, 0.05) is 24.6 Å². The summed E-state index contributed by atoms with van der Waals surface area (Å²) in [5, 5.41) is 6.78. The molecule has 1 fully saturated rings. The topological polar surface area (TPSA) is 88.9 Å². The van der Waals surface area contributed by atoms with Crippen molar-refractivity contribution in [1.29, 1.82) is 0 Å². The van der Waals surface area contributed by atoms with Crippen LogP contribution in [-0.4, -0.2) is 36.8 Å². The number of aromatic nitrogens is 1. The molecule has 0 unspecified atom stereocenters. The Morgan fingerprint density at radius 3 is 2.62 bits per heavy atom. The van der Waals surface area contributed by atoms with Crippen molar-refractivity contribution in [2.75, 3.05) is 31.0 Å². The predicted molar refractivity (Wildman–Crippen MR) is 146 cm³/mol. The molecule has 37 heavy (non-hydrogen) atoms. The molecule has 2 aromatic carbocycles. The Bertz CT molecular complexity index is 1390. The van der Waals surface area contributed by atoms with Gasteiger partial charge in [0.05, 0.1) is 24.5 Å². The van der Waals surface area contributed by atoms with Crippen LogP contribution in [0, 0.1) is 0 Å². The summed E-state index contributed by atoms with van der Waals surface area (Å²) in [7, 11) is 3.02. The first-order valence-electron chi connectivity index (χ1n) is 11.7. The fourth-order valence-corrected chi connectivity index (χ4v) is 4.80. The van der Waals surface area contributed by atoms with Crippen molar-refractivity contribution in [1.82, 2.24) is 10.3 Å². The molecule has 1 aliphatic heterocycles. The molecule has 0 spiro atoms. The first-order valence-corrected chi connectivity index (χ1v) is 12.1. The summed E-state index contributed by atoms with van der Waals surface area (Å²) in [5.41, 5.74) is 3.08. The first-order chi connectivity index (χ1) is 18.1. The van der Waals surface area contributed by atoms with Crippen LogP contribution in [0.4, 0.5) is 11.4 Å². The number of furan rings is 1. The van der Waals surface area contributed by atoms with Crippen LogP contribution >= 0.6 is 12.2 Å². The van der Waals surface area contributed by atoms with Crippen molar-refractivity contribution >= 4 is 34.6 Å². The number of pyridine rings is 1. The van der Waals surface area contributed by atoms with Gasteiger partial charge in [-0.3, -0.25) is 9.78 Å². The zero-order valence-electron chi connectivity index (χ0n) is 20.4. The number of methoxy groups -OCH3 is 2. The molecular weight excluding hydrogens is 488 g/mol. The third kappa shape index (κ3) is 5.04. The fourth-order valence-electron chi connectivity index (χ4n) is 4.45. The van der Waals surface area contributed by atoms with Crippen molar-refractivity contribution < 1.29 is 18.7 Å². The second kappa shape index (κ2) is 10.8. The van der Waals surface area contributed by atoms with Gasteiger partial charge in [-0.1, -0.05) is 36.4 Å². The van der Waals surface area contributed by atoms with E-state index in [1.807, 2.05) is 77.7 Å². The van der Waals surface area contributed by atoms with Gasteiger partial charge < -0.3 is 29.4 Å². The molecule has 2 atom stereocenters. The second-order valence-electron chi connectivity index (χ2n) is 8.43. The third-order valence-corrected chi connectivity index (χ3v) is 6.40. The van der Waals surface area contributed by atoms with Crippen LogP contribution in [0.15, 0.2) is 89.5 Å². The number of anilines is 2. The summed E-state index contributed by atoms with van der Waals surface area (Å²) >= 11 is 5.82. The molecular formula is C28H26N4O4S. The van der Waals surface area contributed by atoms with Crippen LogP contribution in [0.25, 0.3) is 11.3 Å². The number of hydrogen-bond donors (Lipinski definition) is 2. The maximum Gasteiger partial charge on any atom is 0.250 e. The summed E-state index contributed by atoms with van der Waals surface area (Å²) in [6.07, 6.45) is 1.76. The van der Waals surface area contributed by atoms with E-state index in [0.29, 0.717) is 16.5 Å². The van der Waals surface area contributed by atoms with Crippen LogP contribution in [-0.2, 0) is 9.53 Å². The molecule has 9 heteroatoms. The smallest absolute Gasteiger partial charge is 0.250 e. The Labute approximate surface area is 220 Å². The van der Waals surface area contributed by atoms with Crippen LogP contribution < -0.4 is 20.3 Å². The highest BCUT2D eigenvalue weighted by atomic mass is 32.1. The molecule has 8 nitrogen and oxygen atoms in total. The Kier molecular flexibility index (Phi) is 7.16. The summed E-state index contributed by atoms with van der Waals surface area (Å²) in [6, 6.07) is 24.6. The van der Waals surface area contributed by atoms with Crippen LogP contribution in [0.5, 0.6) is 5.75 Å². The summed E-state index contributed by atoms with van der Waals surface area (Å²) < 4.78 is 16.8. The van der Waals surface area contributed by atoms with Crippen molar-refractivity contribution in [3.05, 3.63) is 96.5 Å². The van der Waals surface area contributed by atoms with Gasteiger partial charge in [0.1, 0.15) is 29.9 Å². The van der Waals surface area contributed by atoms with Crippen molar-refractivity contribution in [2.24, 2.45) is 0 Å². The van der Waals surface area contributed by atoms with Crippen LogP contribution in [0.2, 0.25) is 0 Å². The molecule has 1 amide bonds. The van der Waals surface area contributed by atoms with Gasteiger partial charge in [-0.05, 0) is 54.7 Å². The number of thiocarbonyl (C=S) groups is 1. The zero-order valence-corrected chi connectivity index (χ0v) is 21.2. The minimum absolute atomic E-state index is 0.0733. The second-order valence-corrected chi connectivity index (χ2v) is 8.82. The van der Waals surface area contributed by atoms with Gasteiger partial charge in [0.2, 0.25) is 5.91 Å². The van der Waals surface area contributed by atoms with Crippen molar-refractivity contribution in [2.45, 2.75) is 12.1 Å². The number of benzene rings is 2. The Hall–Kier alpha value is -4.21. The van der Waals surface area contributed by atoms with Crippen molar-refractivity contribution in [3.63, 3.8) is 0 Å². The van der Waals surface area contributed by atoms with E-state index in [9.17, 15) is 4.79 Å². The number of nitrogens with one attached hydrogen (secondary N) is 2. The minimum atomic E-state index is -0.337. The SMILES string of the molecule is COCC(=O)Nc1cc(N2C(=S)N[C@H](c3ccccn3)[C@H]2c2ccc(-c3ccccc3)o2)ccc1OC. The summed E-state index contributed by atoms with van der Waals surface area (Å²) in [5.74, 6) is 1.72. The lowest BCUT2D eigenvalue weighted by atomic mass is 10.0. The van der Waals surface area contributed by atoms with E-state index in [-0.39, 0.29) is 24.6 Å². The molecule has 1 aliphatic rings. The summed E-state index contributed by atoms with van der Waals surface area (Å²) in [6.45, 7) is -0.0733. The van der Waals surface area contributed by atoms with Crippen LogP contribution in [0.1, 0.15) is 23.5 Å². The lowest BCUT2D eigenvalue weighted by molar-refractivity contribution is -0.119. The van der Waals surface area contributed by atoms with E-state index in [0.717, 1.165) is 28.5 Å². The predicted octanol–water partition coefficient (Wildman–Crippen LogP) is 5.11. The standard InChI is InChI=1S/C28H26N4O4S/c1-34-17-25(33)30-21-16-19(11-12-23(21)35-2)32-27(26(31-28(32)37)20-10-6-7-15-29-20)24-14-13-22(36-24)18-8-4-3-5-9-18/h3-16,26-27H,17H2,1-2H3,(H,30,33)(H,31,37)/t26-,27-/m1/s1. The molecule has 188 valence electrons. The van der Waals surface area contributed by atoms with Gasteiger partial charge in [-0.2, -0.15) is 0 Å². The highest BCUT2D eigenvalue weighted by molar-refractivity contribution is 7.80. The zero-order chi connectivity index (χ0) is 25.8. The van der Waals surface area contributed by atoms with E-state index < -0.39 is 0 Å². The number of nitrogens with zero attached hydrogens (tertiary/aromatic N) is 2. The van der Waals surface area contributed by atoms with E-state index >= 15 is 0 Å². The monoisotopic (exact) mass is 514 g/mol. The fraction of sp³-hybridized carbons (Fsp3) is 0.179. The molecule has 2 N–H and O–H groups in total. The molecule has 0 bridgehead atoms. The van der Waals surface area contributed by atoms with E-state index in [1.165, 1.54) is 7.11 Å². The Morgan fingerprint density at radius 2 is 1.89 bits per heavy atom. The minimum Gasteiger partial charge on any atom is -0.495 e. The number of amides is 1. The molecule has 0 aliphatic carbocycles. The molecule has 4 aromatic rings. The van der Waals surface area contributed by atoms with E-state index in [1.54, 1.807) is 19.4 Å². The lowest BCUT2D eigenvalue weighted by Gasteiger charge is -2.27. The molecule has 3 heterocycles. The van der Waals surface area contributed by atoms with Crippen LogP contribution in [0.3, 0.4) is 0 Å². The quantitative estimate of drug-likeness (QED) is 0.314. The highest BCUT2D eigenvalue weighted by Crippen LogP contribution is 2.44. The molecule has 0 radical (unpaired) electrons.